The zero-order chi connectivity index (χ0) is 31.8. The van der Waals surface area contributed by atoms with Crippen LogP contribution < -0.4 is 16.0 Å². The highest BCUT2D eigenvalue weighted by molar-refractivity contribution is 8.00. The number of nitrogens with one attached hydrogen (secondary N) is 3. The Balaban J connectivity index is 1.45. The molecule has 0 aliphatic rings. The maximum Gasteiger partial charge on any atom is 0.335 e. The fourth-order valence-corrected chi connectivity index (χ4v) is 5.16. The Hall–Kier alpha value is -4.57. The van der Waals surface area contributed by atoms with E-state index in [-0.39, 0.29) is 22.2 Å². The molecule has 0 aliphatic carbocycles. The van der Waals surface area contributed by atoms with E-state index < -0.39 is 23.0 Å². The highest BCUT2D eigenvalue weighted by atomic mass is 35.5. The Labute approximate surface area is 268 Å². The Bertz CT molecular complexity index is 1740. The molecule has 0 bridgehead atoms. The maximum absolute atomic E-state index is 13.3. The topological polar surface area (TPSA) is 125 Å². The van der Waals surface area contributed by atoms with Crippen LogP contribution in [0, 0.1) is 6.92 Å². The second kappa shape index (κ2) is 14.7. The molecule has 0 aliphatic heterocycles. The van der Waals surface area contributed by atoms with Crippen LogP contribution in [0.25, 0.3) is 6.08 Å². The number of hydrogen-bond acceptors (Lipinski definition) is 5. The molecular weight excluding hydrogens is 621 g/mol. The Morgan fingerprint density at radius 2 is 1.55 bits per heavy atom. The van der Waals surface area contributed by atoms with Crippen LogP contribution in [-0.4, -0.2) is 34.0 Å². The molecule has 4 N–H and O–H groups in total. The van der Waals surface area contributed by atoms with Crippen molar-refractivity contribution < 1.29 is 24.3 Å². The van der Waals surface area contributed by atoms with Gasteiger partial charge in [-0.25, -0.2) is 4.79 Å². The highest BCUT2D eigenvalue weighted by Gasteiger charge is 2.18. The molecule has 11 heteroatoms. The number of hydrogen-bond donors (Lipinski definition) is 4. The number of carbonyl (C=O) groups is 4. The van der Waals surface area contributed by atoms with Crippen molar-refractivity contribution >= 4 is 76.1 Å². The number of carbonyl (C=O) groups excluding carboxylic acids is 3. The molecule has 0 heterocycles. The number of thioether (sulfide) groups is 1. The van der Waals surface area contributed by atoms with Crippen LogP contribution in [0.4, 0.5) is 11.4 Å². The number of benzene rings is 4. The standard InChI is InChI=1S/C33H27Cl2N3O5S/c1-19-11-12-23(33(42)43)18-27(19)37-30(39)20(2)44-25-15-13-24(14-16-25)36-32(41)28(17-22-9-6-10-26(34)29(22)35)38-31(40)21-7-4-3-5-8-21/h3-18,20H,1-2H3,(H,36,41)(H,37,39)(H,38,40)(H,42,43)/b28-17-. The van der Waals surface area contributed by atoms with Crippen LogP contribution in [0.3, 0.4) is 0 Å². The van der Waals surface area contributed by atoms with Crippen molar-refractivity contribution in [1.82, 2.24) is 5.32 Å². The van der Waals surface area contributed by atoms with Gasteiger partial charge in [0.1, 0.15) is 5.70 Å². The average Bonchev–Trinajstić information content (AvgIpc) is 3.01. The van der Waals surface area contributed by atoms with E-state index in [2.05, 4.69) is 16.0 Å². The Morgan fingerprint density at radius 1 is 0.841 bits per heavy atom. The first kappa shape index (κ1) is 32.3. The van der Waals surface area contributed by atoms with E-state index in [1.807, 2.05) is 0 Å². The van der Waals surface area contributed by atoms with Crippen molar-refractivity contribution in [3.63, 3.8) is 0 Å². The summed E-state index contributed by atoms with van der Waals surface area (Å²) in [6.45, 7) is 3.52. The quantitative estimate of drug-likeness (QED) is 0.104. The summed E-state index contributed by atoms with van der Waals surface area (Å²) in [6, 6.07) is 24.8. The minimum Gasteiger partial charge on any atom is -0.478 e. The number of rotatable bonds is 10. The van der Waals surface area contributed by atoms with Crippen LogP contribution in [-0.2, 0) is 9.59 Å². The van der Waals surface area contributed by atoms with Gasteiger partial charge >= 0.3 is 5.97 Å². The van der Waals surface area contributed by atoms with Gasteiger partial charge < -0.3 is 21.1 Å². The summed E-state index contributed by atoms with van der Waals surface area (Å²) in [7, 11) is 0. The number of carboxylic acids is 1. The van der Waals surface area contributed by atoms with Gasteiger partial charge in [0.15, 0.2) is 0 Å². The molecule has 0 spiro atoms. The summed E-state index contributed by atoms with van der Waals surface area (Å²) in [5.74, 6) is -2.43. The van der Waals surface area contributed by atoms with E-state index in [4.69, 9.17) is 23.2 Å². The molecule has 1 unspecified atom stereocenters. The molecule has 0 fully saturated rings. The summed E-state index contributed by atoms with van der Waals surface area (Å²) in [6.07, 6.45) is 1.45. The van der Waals surface area contributed by atoms with E-state index in [1.165, 1.54) is 30.0 Å². The molecule has 8 nitrogen and oxygen atoms in total. The molecule has 3 amide bonds. The highest BCUT2D eigenvalue weighted by Crippen LogP contribution is 2.28. The predicted molar refractivity (Wildman–Crippen MR) is 176 cm³/mol. The van der Waals surface area contributed by atoms with Gasteiger partial charge in [-0.3, -0.25) is 14.4 Å². The van der Waals surface area contributed by atoms with Crippen molar-refractivity contribution in [1.29, 1.82) is 0 Å². The van der Waals surface area contributed by atoms with Crippen molar-refractivity contribution in [2.45, 2.75) is 24.0 Å². The third-order valence-electron chi connectivity index (χ3n) is 6.35. The van der Waals surface area contributed by atoms with Gasteiger partial charge in [-0.2, -0.15) is 0 Å². The third-order valence-corrected chi connectivity index (χ3v) is 8.29. The Kier molecular flexibility index (Phi) is 10.8. The van der Waals surface area contributed by atoms with E-state index in [0.717, 1.165) is 10.5 Å². The van der Waals surface area contributed by atoms with Crippen molar-refractivity contribution in [3.8, 4) is 0 Å². The van der Waals surface area contributed by atoms with E-state index in [0.29, 0.717) is 27.5 Å². The predicted octanol–water partition coefficient (Wildman–Crippen LogP) is 7.53. The first-order valence-electron chi connectivity index (χ1n) is 13.3. The fourth-order valence-electron chi connectivity index (χ4n) is 3.93. The molecule has 224 valence electrons. The van der Waals surface area contributed by atoms with Crippen molar-refractivity contribution in [2.24, 2.45) is 0 Å². The molecule has 1 atom stereocenters. The number of halogens is 2. The number of aromatic carboxylic acids is 1. The fraction of sp³-hybridized carbons (Fsp3) is 0.0909. The van der Waals surface area contributed by atoms with E-state index in [1.54, 1.807) is 92.7 Å². The molecule has 44 heavy (non-hydrogen) atoms. The number of anilines is 2. The third kappa shape index (κ3) is 8.50. The lowest BCUT2D eigenvalue weighted by atomic mass is 10.1. The van der Waals surface area contributed by atoms with Gasteiger partial charge in [0.2, 0.25) is 5.91 Å². The summed E-state index contributed by atoms with van der Waals surface area (Å²) in [5, 5.41) is 17.5. The van der Waals surface area contributed by atoms with Gasteiger partial charge in [0.25, 0.3) is 11.8 Å². The van der Waals surface area contributed by atoms with Crippen LogP contribution >= 0.6 is 35.0 Å². The normalized spacial score (nSPS) is 11.8. The van der Waals surface area contributed by atoms with Gasteiger partial charge in [0, 0.05) is 21.8 Å². The minimum atomic E-state index is -1.08. The van der Waals surface area contributed by atoms with Crippen LogP contribution in [0.1, 0.15) is 38.8 Å². The summed E-state index contributed by atoms with van der Waals surface area (Å²) >= 11 is 13.8. The van der Waals surface area contributed by atoms with Crippen molar-refractivity contribution in [3.05, 3.63) is 129 Å². The lowest BCUT2D eigenvalue weighted by Crippen LogP contribution is -2.30. The lowest BCUT2D eigenvalue weighted by molar-refractivity contribution is -0.115. The average molecular weight is 649 g/mol. The Morgan fingerprint density at radius 3 is 2.23 bits per heavy atom. The van der Waals surface area contributed by atoms with Gasteiger partial charge in [-0.1, -0.05) is 59.6 Å². The number of carboxylic acid groups (broad SMARTS) is 1. The summed E-state index contributed by atoms with van der Waals surface area (Å²) in [5.41, 5.74) is 2.48. The van der Waals surface area contributed by atoms with Crippen molar-refractivity contribution in [2.75, 3.05) is 10.6 Å². The smallest absolute Gasteiger partial charge is 0.335 e. The molecule has 0 saturated carbocycles. The SMILES string of the molecule is Cc1ccc(C(=O)O)cc1NC(=O)C(C)Sc1ccc(NC(=O)/C(=C/c2cccc(Cl)c2Cl)NC(=O)c2ccccc2)cc1. The van der Waals surface area contributed by atoms with E-state index in [9.17, 15) is 24.3 Å². The first-order chi connectivity index (χ1) is 21.0. The molecule has 0 saturated heterocycles. The summed E-state index contributed by atoms with van der Waals surface area (Å²) in [4.78, 5) is 51.1. The number of aryl methyl sites for hydroxylation is 1. The van der Waals surface area contributed by atoms with Crippen LogP contribution in [0.15, 0.2) is 102 Å². The zero-order valence-electron chi connectivity index (χ0n) is 23.6. The zero-order valence-corrected chi connectivity index (χ0v) is 25.9. The second-order valence-corrected chi connectivity index (χ2v) is 11.8. The van der Waals surface area contributed by atoms with Gasteiger partial charge in [-0.15, -0.1) is 11.8 Å². The molecule has 0 radical (unpaired) electrons. The molecule has 4 aromatic carbocycles. The molecule has 0 aromatic heterocycles. The van der Waals surface area contributed by atoms with Gasteiger partial charge in [0.05, 0.1) is 20.9 Å². The van der Waals surface area contributed by atoms with Gasteiger partial charge in [-0.05, 0) is 85.6 Å². The van der Waals surface area contributed by atoms with Crippen LogP contribution in [0.2, 0.25) is 10.0 Å². The molecular formula is C33H27Cl2N3O5S. The minimum absolute atomic E-state index is 0.0472. The van der Waals surface area contributed by atoms with E-state index >= 15 is 0 Å². The maximum atomic E-state index is 13.3. The lowest BCUT2D eigenvalue weighted by Gasteiger charge is -2.15. The largest absolute Gasteiger partial charge is 0.478 e. The summed E-state index contributed by atoms with van der Waals surface area (Å²) < 4.78 is 0. The second-order valence-electron chi connectivity index (χ2n) is 9.58. The number of amides is 3. The first-order valence-corrected chi connectivity index (χ1v) is 14.9. The monoisotopic (exact) mass is 647 g/mol. The molecule has 4 rings (SSSR count). The van der Waals surface area contributed by atoms with Crippen LogP contribution in [0.5, 0.6) is 0 Å². The molecule has 4 aromatic rings.